The molecule has 0 bridgehead atoms. The standard InChI is InChI=1S/C41H40ClF3N2O4S.ClH/c1-46(52(49,50)36-22-9-4-10-23-36)39(48)28-31-15-13-21-35(27-31)51-26-12-11-25-47(29-34-20-14-24-38(40(34)42)41(43,44)45)30-37(32-16-5-2-6-17-32)33-18-7-3-8-19-33;/h2-10,13-24,27,37H,11-12,25-26,28-30H2,1H3;1H. The lowest BCUT2D eigenvalue weighted by Crippen LogP contribution is -2.34. The Morgan fingerprint density at radius 3 is 1.98 bits per heavy atom. The second kappa shape index (κ2) is 19.1. The largest absolute Gasteiger partial charge is 0.494 e. The van der Waals surface area contributed by atoms with Crippen LogP contribution < -0.4 is 4.74 Å². The topological polar surface area (TPSA) is 66.9 Å². The zero-order chi connectivity index (χ0) is 37.1. The molecule has 0 unspecified atom stereocenters. The first kappa shape index (κ1) is 41.4. The first-order valence-corrected chi connectivity index (χ1v) is 18.7. The predicted octanol–water partition coefficient (Wildman–Crippen LogP) is 9.66. The van der Waals surface area contributed by atoms with Crippen molar-refractivity contribution < 1.29 is 31.1 Å². The molecule has 5 rings (SSSR count). The van der Waals surface area contributed by atoms with Crippen molar-refractivity contribution in [1.29, 1.82) is 0 Å². The van der Waals surface area contributed by atoms with Crippen LogP contribution in [0.1, 0.15) is 46.6 Å². The van der Waals surface area contributed by atoms with Crippen molar-refractivity contribution in [1.82, 2.24) is 9.21 Å². The quantitative estimate of drug-likeness (QED) is 0.0933. The number of carbonyl (C=O) groups excluding carboxylic acids is 1. The molecule has 6 nitrogen and oxygen atoms in total. The van der Waals surface area contributed by atoms with Crippen LogP contribution in [0.15, 0.2) is 138 Å². The smallest absolute Gasteiger partial charge is 0.417 e. The van der Waals surface area contributed by atoms with Gasteiger partial charge in [0.05, 0.1) is 28.5 Å². The molecule has 0 aliphatic carbocycles. The molecule has 0 aromatic heterocycles. The Morgan fingerprint density at radius 2 is 1.38 bits per heavy atom. The third kappa shape index (κ3) is 11.3. The number of amides is 1. The molecule has 0 atom stereocenters. The molecule has 0 saturated carbocycles. The third-order valence-electron chi connectivity index (χ3n) is 8.77. The van der Waals surface area contributed by atoms with Crippen LogP contribution in [0.25, 0.3) is 0 Å². The maximum Gasteiger partial charge on any atom is 0.417 e. The van der Waals surface area contributed by atoms with Crippen molar-refractivity contribution in [3.8, 4) is 5.75 Å². The number of halogens is 5. The summed E-state index contributed by atoms with van der Waals surface area (Å²) in [6.45, 7) is 1.71. The second-order valence-corrected chi connectivity index (χ2v) is 14.8. The van der Waals surface area contributed by atoms with Gasteiger partial charge in [-0.05, 0) is 72.0 Å². The number of benzene rings is 5. The van der Waals surface area contributed by atoms with Gasteiger partial charge in [-0.25, -0.2) is 12.7 Å². The van der Waals surface area contributed by atoms with E-state index in [1.807, 2.05) is 36.4 Å². The van der Waals surface area contributed by atoms with Gasteiger partial charge in [0.2, 0.25) is 5.91 Å². The van der Waals surface area contributed by atoms with Crippen LogP contribution in [-0.2, 0) is 34.0 Å². The van der Waals surface area contributed by atoms with Gasteiger partial charge in [0.1, 0.15) is 5.75 Å². The van der Waals surface area contributed by atoms with E-state index in [1.165, 1.54) is 25.2 Å². The van der Waals surface area contributed by atoms with Gasteiger partial charge < -0.3 is 4.74 Å². The maximum absolute atomic E-state index is 13.7. The van der Waals surface area contributed by atoms with Gasteiger partial charge in [0.15, 0.2) is 0 Å². The van der Waals surface area contributed by atoms with Crippen LogP contribution >= 0.6 is 24.0 Å². The summed E-state index contributed by atoms with van der Waals surface area (Å²) in [7, 11) is -2.73. The molecule has 1 amide bonds. The molecule has 0 spiro atoms. The highest BCUT2D eigenvalue weighted by Gasteiger charge is 2.34. The summed E-state index contributed by atoms with van der Waals surface area (Å²) < 4.78 is 73.7. The summed E-state index contributed by atoms with van der Waals surface area (Å²) in [4.78, 5) is 15.1. The minimum atomic E-state index is -4.56. The Hall–Kier alpha value is -4.35. The first-order chi connectivity index (χ1) is 24.9. The average molecular weight is 786 g/mol. The van der Waals surface area contributed by atoms with Gasteiger partial charge in [-0.15, -0.1) is 12.4 Å². The van der Waals surface area contributed by atoms with Crippen LogP contribution in [0.5, 0.6) is 5.75 Å². The summed E-state index contributed by atoms with van der Waals surface area (Å²) in [5.74, 6) is -0.0682. The fourth-order valence-electron chi connectivity index (χ4n) is 5.97. The first-order valence-electron chi connectivity index (χ1n) is 16.9. The molecular weight excluding hydrogens is 744 g/mol. The number of hydrogen-bond acceptors (Lipinski definition) is 5. The summed E-state index contributed by atoms with van der Waals surface area (Å²) in [6.07, 6.45) is -3.36. The van der Waals surface area contributed by atoms with Crippen molar-refractivity contribution >= 4 is 39.9 Å². The number of carbonyl (C=O) groups is 1. The molecule has 0 saturated heterocycles. The van der Waals surface area contributed by atoms with E-state index >= 15 is 0 Å². The predicted molar refractivity (Wildman–Crippen MR) is 205 cm³/mol. The van der Waals surface area contributed by atoms with E-state index in [9.17, 15) is 26.4 Å². The summed E-state index contributed by atoms with van der Waals surface area (Å²) >= 11 is 6.35. The van der Waals surface area contributed by atoms with Gasteiger partial charge in [-0.1, -0.05) is 115 Å². The zero-order valence-corrected chi connectivity index (χ0v) is 31.5. The normalized spacial score (nSPS) is 11.7. The van der Waals surface area contributed by atoms with Crippen LogP contribution in [0, 0.1) is 0 Å². The molecular formula is C41H41Cl2F3N2O4S. The molecule has 0 aliphatic rings. The molecule has 0 aliphatic heterocycles. The fourth-order valence-corrected chi connectivity index (χ4v) is 7.41. The Bertz CT molecular complexity index is 1980. The van der Waals surface area contributed by atoms with Crippen molar-refractivity contribution in [3.05, 3.63) is 166 Å². The monoisotopic (exact) mass is 784 g/mol. The lowest BCUT2D eigenvalue weighted by molar-refractivity contribution is -0.137. The number of unbranched alkanes of at least 4 members (excludes halogenated alkanes) is 1. The van der Waals surface area contributed by atoms with Crippen molar-refractivity contribution in [2.24, 2.45) is 0 Å². The van der Waals surface area contributed by atoms with E-state index in [1.54, 1.807) is 48.5 Å². The van der Waals surface area contributed by atoms with Crippen molar-refractivity contribution in [2.75, 3.05) is 26.7 Å². The number of rotatable bonds is 16. The lowest BCUT2D eigenvalue weighted by atomic mass is 9.90. The highest BCUT2D eigenvalue weighted by Crippen LogP contribution is 2.37. The van der Waals surface area contributed by atoms with Crippen LogP contribution in [0.2, 0.25) is 5.02 Å². The van der Waals surface area contributed by atoms with Crippen molar-refractivity contribution in [2.45, 2.75) is 42.8 Å². The molecule has 0 fully saturated rings. The SMILES string of the molecule is CN(C(=O)Cc1cccc(OCCCCN(Cc2cccc(C(F)(F)F)c2Cl)CC(c2ccccc2)c2ccccc2)c1)S(=O)(=O)c1ccccc1.Cl. The molecule has 0 N–H and O–H groups in total. The Labute approximate surface area is 320 Å². The summed E-state index contributed by atoms with van der Waals surface area (Å²) in [5.41, 5.74) is 2.35. The third-order valence-corrected chi connectivity index (χ3v) is 11.0. The van der Waals surface area contributed by atoms with Gasteiger partial charge in [0, 0.05) is 26.1 Å². The van der Waals surface area contributed by atoms with Crippen molar-refractivity contribution in [3.63, 3.8) is 0 Å². The minimum Gasteiger partial charge on any atom is -0.494 e. The number of alkyl halides is 3. The highest BCUT2D eigenvalue weighted by atomic mass is 35.5. The van der Waals surface area contributed by atoms with Crippen LogP contribution in [0.3, 0.4) is 0 Å². The van der Waals surface area contributed by atoms with Gasteiger partial charge in [0.25, 0.3) is 10.0 Å². The maximum atomic E-state index is 13.7. The zero-order valence-electron chi connectivity index (χ0n) is 29.1. The van der Waals surface area contributed by atoms with E-state index in [0.717, 1.165) is 21.5 Å². The van der Waals surface area contributed by atoms with E-state index in [2.05, 4.69) is 29.2 Å². The fraction of sp³-hybridized carbons (Fsp3) is 0.244. The molecule has 12 heteroatoms. The summed E-state index contributed by atoms with van der Waals surface area (Å²) in [6, 6.07) is 38.8. The summed E-state index contributed by atoms with van der Waals surface area (Å²) in [5, 5.41) is -0.290. The van der Waals surface area contributed by atoms with Gasteiger partial charge >= 0.3 is 6.18 Å². The molecule has 280 valence electrons. The van der Waals surface area contributed by atoms with Gasteiger partial charge in [-0.2, -0.15) is 13.2 Å². The Morgan fingerprint density at radius 1 is 0.792 bits per heavy atom. The van der Waals surface area contributed by atoms with E-state index in [4.69, 9.17) is 16.3 Å². The lowest BCUT2D eigenvalue weighted by Gasteiger charge is -2.29. The van der Waals surface area contributed by atoms with Crippen LogP contribution in [0.4, 0.5) is 13.2 Å². The number of ether oxygens (including phenoxy) is 1. The highest BCUT2D eigenvalue weighted by molar-refractivity contribution is 7.89. The van der Waals surface area contributed by atoms with Crippen LogP contribution in [-0.4, -0.2) is 50.3 Å². The molecule has 0 heterocycles. The van der Waals surface area contributed by atoms with Gasteiger partial charge in [-0.3, -0.25) is 9.69 Å². The number of sulfonamides is 1. The molecule has 53 heavy (non-hydrogen) atoms. The van der Waals surface area contributed by atoms with E-state index in [0.29, 0.717) is 49.4 Å². The molecule has 5 aromatic carbocycles. The second-order valence-electron chi connectivity index (χ2n) is 12.4. The number of likely N-dealkylation sites (N-methyl/N-ethyl adjacent to an activating group) is 1. The number of hydrogen-bond donors (Lipinski definition) is 0. The van der Waals surface area contributed by atoms with E-state index in [-0.39, 0.29) is 41.2 Å². The average Bonchev–Trinajstić information content (AvgIpc) is 3.14. The number of nitrogens with zero attached hydrogens (tertiary/aromatic N) is 2. The minimum absolute atomic E-state index is 0. The van der Waals surface area contributed by atoms with E-state index < -0.39 is 27.7 Å². The molecule has 0 radical (unpaired) electrons. The Kier molecular flexibility index (Phi) is 14.9. The molecule has 5 aromatic rings. The Balaban J connectivity index is 0.00000627.